The number of benzene rings is 2. The van der Waals surface area contributed by atoms with Crippen molar-refractivity contribution in [2.45, 2.75) is 11.8 Å². The monoisotopic (exact) mass is 347 g/mol. The van der Waals surface area contributed by atoms with E-state index in [1.807, 2.05) is 0 Å². The second kappa shape index (κ2) is 7.27. The van der Waals surface area contributed by atoms with E-state index < -0.39 is 15.7 Å². The zero-order valence-electron chi connectivity index (χ0n) is 13.3. The molecule has 0 radical (unpaired) electrons. The fourth-order valence-corrected chi connectivity index (χ4v) is 2.57. The smallest absolute Gasteiger partial charge is 0.262 e. The van der Waals surface area contributed by atoms with Crippen LogP contribution in [-0.2, 0) is 14.6 Å². The molecule has 0 aliphatic heterocycles. The van der Waals surface area contributed by atoms with E-state index in [2.05, 4.69) is 5.32 Å². The first-order chi connectivity index (χ1) is 11.3. The number of rotatable bonds is 6. The van der Waals surface area contributed by atoms with Crippen molar-refractivity contribution in [1.29, 1.82) is 0 Å². The van der Waals surface area contributed by atoms with Crippen LogP contribution in [-0.4, -0.2) is 33.0 Å². The second-order valence-electron chi connectivity index (χ2n) is 5.22. The van der Waals surface area contributed by atoms with Crippen LogP contribution in [0.1, 0.15) is 17.3 Å². The summed E-state index contributed by atoms with van der Waals surface area (Å²) in [6, 6.07) is 12.4. The quantitative estimate of drug-likeness (QED) is 0.810. The molecule has 0 unspecified atom stereocenters. The Morgan fingerprint density at radius 2 is 1.75 bits per heavy atom. The second-order valence-corrected chi connectivity index (χ2v) is 7.23. The van der Waals surface area contributed by atoms with Gasteiger partial charge in [0.15, 0.2) is 22.2 Å². The van der Waals surface area contributed by atoms with Crippen LogP contribution >= 0.6 is 0 Å². The molecule has 0 saturated heterocycles. The van der Waals surface area contributed by atoms with Gasteiger partial charge in [-0.15, -0.1) is 0 Å². The average molecular weight is 347 g/mol. The molecule has 0 saturated carbocycles. The van der Waals surface area contributed by atoms with E-state index in [1.165, 1.54) is 31.2 Å². The molecule has 126 valence electrons. The number of carbonyl (C=O) groups excluding carboxylic acids is 2. The van der Waals surface area contributed by atoms with Crippen molar-refractivity contribution in [2.24, 2.45) is 0 Å². The third kappa shape index (κ3) is 4.92. The molecular formula is C17H17NO5S. The predicted molar refractivity (Wildman–Crippen MR) is 90.1 cm³/mol. The Balaban J connectivity index is 1.94. The number of sulfone groups is 1. The van der Waals surface area contributed by atoms with Gasteiger partial charge in [0, 0.05) is 17.5 Å². The largest absolute Gasteiger partial charge is 0.484 e. The van der Waals surface area contributed by atoms with Crippen LogP contribution in [0.2, 0.25) is 0 Å². The maximum absolute atomic E-state index is 11.9. The van der Waals surface area contributed by atoms with Crippen LogP contribution in [0.15, 0.2) is 53.4 Å². The summed E-state index contributed by atoms with van der Waals surface area (Å²) in [5.41, 5.74) is 0.970. The Kier molecular flexibility index (Phi) is 5.35. The summed E-state index contributed by atoms with van der Waals surface area (Å²) in [7, 11) is -3.27. The van der Waals surface area contributed by atoms with Crippen molar-refractivity contribution >= 4 is 27.2 Å². The molecule has 0 atom stereocenters. The zero-order chi connectivity index (χ0) is 17.7. The number of Topliss-reactive ketones (excluding diaryl/α,β-unsaturated/α-hetero) is 1. The molecule has 7 heteroatoms. The highest BCUT2D eigenvalue weighted by molar-refractivity contribution is 7.90. The van der Waals surface area contributed by atoms with Gasteiger partial charge in [-0.05, 0) is 43.3 Å². The van der Waals surface area contributed by atoms with Crippen molar-refractivity contribution < 1.29 is 22.7 Å². The molecule has 24 heavy (non-hydrogen) atoms. The molecule has 0 aliphatic rings. The molecule has 6 nitrogen and oxygen atoms in total. The number of anilines is 1. The summed E-state index contributed by atoms with van der Waals surface area (Å²) in [5, 5.41) is 2.60. The van der Waals surface area contributed by atoms with E-state index in [9.17, 15) is 18.0 Å². The van der Waals surface area contributed by atoms with Gasteiger partial charge in [-0.2, -0.15) is 0 Å². The molecule has 0 aliphatic carbocycles. The molecule has 1 amide bonds. The summed E-state index contributed by atoms with van der Waals surface area (Å²) < 4.78 is 28.1. The van der Waals surface area contributed by atoms with Crippen molar-refractivity contribution in [2.75, 3.05) is 18.2 Å². The standard InChI is InChI=1S/C17H17NO5S/c1-12(19)13-4-3-5-15(10-13)23-11-17(20)18-14-6-8-16(9-7-14)24(2,21)22/h3-10H,11H2,1-2H3,(H,18,20). The number of amides is 1. The van der Waals surface area contributed by atoms with Crippen molar-refractivity contribution in [3.05, 3.63) is 54.1 Å². The summed E-state index contributed by atoms with van der Waals surface area (Å²) in [4.78, 5) is 23.3. The van der Waals surface area contributed by atoms with Gasteiger partial charge in [0.25, 0.3) is 5.91 Å². The summed E-state index contributed by atoms with van der Waals surface area (Å²) in [6.45, 7) is 1.22. The van der Waals surface area contributed by atoms with E-state index >= 15 is 0 Å². The SMILES string of the molecule is CC(=O)c1cccc(OCC(=O)Nc2ccc(S(C)(=O)=O)cc2)c1. The minimum atomic E-state index is -3.27. The normalized spacial score (nSPS) is 10.9. The number of hydrogen-bond acceptors (Lipinski definition) is 5. The maximum Gasteiger partial charge on any atom is 0.262 e. The number of hydrogen-bond donors (Lipinski definition) is 1. The minimum Gasteiger partial charge on any atom is -0.484 e. The lowest BCUT2D eigenvalue weighted by atomic mass is 10.1. The molecule has 1 N–H and O–H groups in total. The molecule has 2 rings (SSSR count). The molecular weight excluding hydrogens is 330 g/mol. The predicted octanol–water partition coefficient (Wildman–Crippen LogP) is 2.31. The number of carbonyl (C=O) groups is 2. The van der Waals surface area contributed by atoms with Gasteiger partial charge in [0.2, 0.25) is 0 Å². The van der Waals surface area contributed by atoms with E-state index in [1.54, 1.807) is 24.3 Å². The molecule has 0 fully saturated rings. The number of nitrogens with one attached hydrogen (secondary N) is 1. The highest BCUT2D eigenvalue weighted by Crippen LogP contribution is 2.15. The van der Waals surface area contributed by atoms with Crippen molar-refractivity contribution in [3.8, 4) is 5.75 Å². The van der Waals surface area contributed by atoms with E-state index in [0.717, 1.165) is 6.26 Å². The lowest BCUT2D eigenvalue weighted by Gasteiger charge is -2.08. The first-order valence-corrected chi connectivity index (χ1v) is 8.98. The zero-order valence-corrected chi connectivity index (χ0v) is 14.1. The minimum absolute atomic E-state index is 0.0872. The van der Waals surface area contributed by atoms with Crippen LogP contribution in [0.3, 0.4) is 0 Å². The number of ether oxygens (including phenoxy) is 1. The third-order valence-electron chi connectivity index (χ3n) is 3.18. The first kappa shape index (κ1) is 17.7. The van der Waals surface area contributed by atoms with Crippen LogP contribution in [0.5, 0.6) is 5.75 Å². The lowest BCUT2D eigenvalue weighted by Crippen LogP contribution is -2.20. The van der Waals surface area contributed by atoms with Crippen molar-refractivity contribution in [1.82, 2.24) is 0 Å². The van der Waals surface area contributed by atoms with Gasteiger partial charge in [-0.3, -0.25) is 9.59 Å². The lowest BCUT2D eigenvalue weighted by molar-refractivity contribution is -0.118. The summed E-state index contributed by atoms with van der Waals surface area (Å²) >= 11 is 0. The molecule has 0 aromatic heterocycles. The molecule has 0 heterocycles. The Morgan fingerprint density at radius 1 is 1.08 bits per heavy atom. The van der Waals surface area contributed by atoms with Crippen LogP contribution < -0.4 is 10.1 Å². The summed E-state index contributed by atoms with van der Waals surface area (Å²) in [6.07, 6.45) is 1.11. The average Bonchev–Trinajstić information content (AvgIpc) is 2.53. The van der Waals surface area contributed by atoms with Gasteiger partial charge in [0.1, 0.15) is 5.75 Å². The molecule has 2 aromatic carbocycles. The Hall–Kier alpha value is -2.67. The van der Waals surface area contributed by atoms with Crippen molar-refractivity contribution in [3.63, 3.8) is 0 Å². The Morgan fingerprint density at radius 3 is 2.33 bits per heavy atom. The maximum atomic E-state index is 11.9. The number of ketones is 1. The molecule has 0 spiro atoms. The first-order valence-electron chi connectivity index (χ1n) is 7.09. The summed E-state index contributed by atoms with van der Waals surface area (Å²) in [5.74, 6) is -0.0588. The van der Waals surface area contributed by atoms with Crippen LogP contribution in [0.25, 0.3) is 0 Å². The van der Waals surface area contributed by atoms with Crippen LogP contribution in [0.4, 0.5) is 5.69 Å². The van der Waals surface area contributed by atoms with Gasteiger partial charge < -0.3 is 10.1 Å². The fraction of sp³-hybridized carbons (Fsp3) is 0.176. The highest BCUT2D eigenvalue weighted by Gasteiger charge is 2.08. The molecule has 0 bridgehead atoms. The van der Waals surface area contributed by atoms with Gasteiger partial charge in [-0.1, -0.05) is 12.1 Å². The Bertz CT molecular complexity index is 857. The molecule has 2 aromatic rings. The van der Waals surface area contributed by atoms with Gasteiger partial charge >= 0.3 is 0 Å². The third-order valence-corrected chi connectivity index (χ3v) is 4.31. The highest BCUT2D eigenvalue weighted by atomic mass is 32.2. The van der Waals surface area contributed by atoms with E-state index in [0.29, 0.717) is 17.0 Å². The van der Waals surface area contributed by atoms with Gasteiger partial charge in [0.05, 0.1) is 4.90 Å². The Labute approximate surface area is 140 Å². The van der Waals surface area contributed by atoms with E-state index in [4.69, 9.17) is 4.74 Å². The van der Waals surface area contributed by atoms with E-state index in [-0.39, 0.29) is 17.3 Å². The van der Waals surface area contributed by atoms with Gasteiger partial charge in [-0.25, -0.2) is 8.42 Å². The topological polar surface area (TPSA) is 89.5 Å². The van der Waals surface area contributed by atoms with Crippen LogP contribution in [0, 0.1) is 0 Å². The fourth-order valence-electron chi connectivity index (χ4n) is 1.94.